The van der Waals surface area contributed by atoms with Gasteiger partial charge in [-0.2, -0.15) is 0 Å². The molecule has 0 bridgehead atoms. The second kappa shape index (κ2) is 9.02. The summed E-state index contributed by atoms with van der Waals surface area (Å²) < 4.78 is 12.3. The number of aliphatic carboxylic acids is 1. The second-order valence-electron chi connectivity index (χ2n) is 8.58. The Morgan fingerprint density at radius 2 is 1.82 bits per heavy atom. The Bertz CT molecular complexity index is 1360. The number of fused-ring (bicyclic) bond motifs is 2. The van der Waals surface area contributed by atoms with E-state index in [2.05, 4.69) is 15.9 Å². The van der Waals surface area contributed by atoms with Gasteiger partial charge in [-0.15, -0.1) is 0 Å². The van der Waals surface area contributed by atoms with Gasteiger partial charge in [-0.3, -0.25) is 4.79 Å². The van der Waals surface area contributed by atoms with E-state index >= 15 is 0 Å². The van der Waals surface area contributed by atoms with Gasteiger partial charge in [-0.05, 0) is 50.8 Å². The van der Waals surface area contributed by atoms with Crippen LogP contribution in [0, 0.1) is 5.92 Å². The van der Waals surface area contributed by atoms with Gasteiger partial charge in [-0.25, -0.2) is 4.79 Å². The Balaban J connectivity index is 1.56. The second-order valence-corrected chi connectivity index (χ2v) is 9.37. The molecule has 5 rings (SSSR count). The number of Topliss-reactive ketones (excluding diaryl/α,β-unsaturated/α-hetero) is 1. The van der Waals surface area contributed by atoms with Gasteiger partial charge in [0, 0.05) is 17.4 Å². The Morgan fingerprint density at radius 3 is 2.61 bits per heavy atom. The number of hydrogen-bond acceptors (Lipinski definition) is 4. The van der Waals surface area contributed by atoms with Gasteiger partial charge in [-0.1, -0.05) is 62.1 Å². The van der Waals surface area contributed by atoms with E-state index in [1.54, 1.807) is 6.07 Å². The number of ether oxygens (including phenoxy) is 1. The molecule has 1 aliphatic rings. The summed E-state index contributed by atoms with van der Waals surface area (Å²) >= 11 is 3.53. The molecule has 0 saturated heterocycles. The maximum absolute atomic E-state index is 13.4. The fraction of sp³-hybridized carbons (Fsp3) is 0.259. The van der Waals surface area contributed by atoms with Crippen molar-refractivity contribution in [1.29, 1.82) is 0 Å². The minimum absolute atomic E-state index is 0.139. The Hall–Kier alpha value is -3.12. The maximum atomic E-state index is 13.4. The predicted octanol–water partition coefficient (Wildman–Crippen LogP) is 7.24. The van der Waals surface area contributed by atoms with Gasteiger partial charge in [0.05, 0.1) is 10.0 Å². The number of furan rings is 1. The average molecular weight is 507 g/mol. The van der Waals surface area contributed by atoms with E-state index in [0.29, 0.717) is 39.5 Å². The van der Waals surface area contributed by atoms with Crippen LogP contribution in [0.2, 0.25) is 0 Å². The molecule has 5 nitrogen and oxygen atoms in total. The molecule has 0 radical (unpaired) electrons. The van der Waals surface area contributed by atoms with E-state index in [1.165, 1.54) is 12.8 Å². The number of carboxylic acid groups (broad SMARTS) is 1. The predicted molar refractivity (Wildman–Crippen MR) is 131 cm³/mol. The first-order valence-electron chi connectivity index (χ1n) is 11.1. The smallest absolute Gasteiger partial charge is 0.341 e. The lowest BCUT2D eigenvalue weighted by Crippen LogP contribution is -2.09. The topological polar surface area (TPSA) is 76.7 Å². The lowest BCUT2D eigenvalue weighted by atomic mass is 9.93. The van der Waals surface area contributed by atoms with Crippen LogP contribution in [0.4, 0.5) is 0 Å². The number of para-hydroxylation sites is 1. The molecule has 1 fully saturated rings. The molecule has 0 aliphatic heterocycles. The van der Waals surface area contributed by atoms with E-state index < -0.39 is 12.6 Å². The molecule has 0 atom stereocenters. The van der Waals surface area contributed by atoms with E-state index in [-0.39, 0.29) is 5.78 Å². The fourth-order valence-corrected chi connectivity index (χ4v) is 5.38. The minimum atomic E-state index is -1.03. The molecule has 1 aliphatic carbocycles. The van der Waals surface area contributed by atoms with Crippen molar-refractivity contribution in [3.05, 3.63) is 64.6 Å². The zero-order valence-electron chi connectivity index (χ0n) is 18.0. The molecule has 1 N–H and O–H groups in total. The van der Waals surface area contributed by atoms with E-state index in [4.69, 9.17) is 14.3 Å². The number of carbonyl (C=O) groups excluding carboxylic acids is 1. The standard InChI is InChI=1S/C27H23BrO5/c28-26-19-11-9-18(14-17(19)10-12-23(26)32-15-24(30)31)27-25(20-7-3-4-8-22(20)33-27)21(29)13-16-5-1-2-6-16/h3-4,7-12,14,16H,1-2,5-6,13,15H2,(H,30,31). The van der Waals surface area contributed by atoms with Gasteiger partial charge in [0.2, 0.25) is 0 Å². The minimum Gasteiger partial charge on any atom is -0.481 e. The third kappa shape index (κ3) is 4.27. The Labute approximate surface area is 199 Å². The van der Waals surface area contributed by atoms with Crippen LogP contribution < -0.4 is 4.74 Å². The molecule has 33 heavy (non-hydrogen) atoms. The molecule has 1 saturated carbocycles. The lowest BCUT2D eigenvalue weighted by molar-refractivity contribution is -0.139. The van der Waals surface area contributed by atoms with Crippen LogP contribution in [0.15, 0.2) is 63.5 Å². The highest BCUT2D eigenvalue weighted by Gasteiger charge is 2.26. The molecular formula is C27H23BrO5. The third-order valence-electron chi connectivity index (χ3n) is 6.36. The maximum Gasteiger partial charge on any atom is 0.341 e. The molecule has 0 spiro atoms. The molecule has 0 amide bonds. The van der Waals surface area contributed by atoms with Crippen molar-refractivity contribution in [2.24, 2.45) is 5.92 Å². The monoisotopic (exact) mass is 506 g/mol. The summed E-state index contributed by atoms with van der Waals surface area (Å²) in [4.78, 5) is 24.3. The van der Waals surface area contributed by atoms with Crippen LogP contribution in [0.1, 0.15) is 42.5 Å². The SMILES string of the molecule is O=C(O)COc1ccc2cc(-c3oc4ccccc4c3C(=O)CC3CCCC3)ccc2c1Br. The molecule has 0 unspecified atom stereocenters. The van der Waals surface area contributed by atoms with Crippen molar-refractivity contribution >= 4 is 49.4 Å². The highest BCUT2D eigenvalue weighted by atomic mass is 79.9. The first-order chi connectivity index (χ1) is 16.0. The molecule has 4 aromatic rings. The zero-order chi connectivity index (χ0) is 22.9. The molecule has 6 heteroatoms. The molecule has 168 valence electrons. The van der Waals surface area contributed by atoms with Crippen LogP contribution >= 0.6 is 15.9 Å². The summed E-state index contributed by atoms with van der Waals surface area (Å²) in [5.74, 6) is 0.630. The van der Waals surface area contributed by atoms with Gasteiger partial charge >= 0.3 is 5.97 Å². The zero-order valence-corrected chi connectivity index (χ0v) is 19.6. The van der Waals surface area contributed by atoms with Crippen LogP contribution in [0.3, 0.4) is 0 Å². The van der Waals surface area contributed by atoms with Crippen molar-refractivity contribution in [3.63, 3.8) is 0 Å². The fourth-order valence-electron chi connectivity index (χ4n) is 4.77. The number of carbonyl (C=O) groups is 2. The van der Waals surface area contributed by atoms with Gasteiger partial charge in [0.25, 0.3) is 0 Å². The molecule has 1 aromatic heterocycles. The van der Waals surface area contributed by atoms with Gasteiger partial charge in [0.1, 0.15) is 17.1 Å². The van der Waals surface area contributed by atoms with E-state index in [1.807, 2.05) is 48.5 Å². The first kappa shape index (κ1) is 21.7. The van der Waals surface area contributed by atoms with Crippen molar-refractivity contribution < 1.29 is 23.8 Å². The number of benzene rings is 3. The largest absolute Gasteiger partial charge is 0.481 e. The van der Waals surface area contributed by atoms with Crippen molar-refractivity contribution in [3.8, 4) is 17.1 Å². The normalized spacial score (nSPS) is 14.2. The Kier molecular flexibility index (Phi) is 5.94. The molecule has 1 heterocycles. The third-order valence-corrected chi connectivity index (χ3v) is 7.17. The number of rotatable bonds is 7. The van der Waals surface area contributed by atoms with Crippen LogP contribution in [-0.4, -0.2) is 23.5 Å². The van der Waals surface area contributed by atoms with Crippen molar-refractivity contribution in [2.45, 2.75) is 32.1 Å². The lowest BCUT2D eigenvalue weighted by Gasteiger charge is -2.11. The number of ketones is 1. The molecular weight excluding hydrogens is 484 g/mol. The number of halogens is 1. The van der Waals surface area contributed by atoms with E-state index in [0.717, 1.165) is 34.6 Å². The van der Waals surface area contributed by atoms with Crippen LogP contribution in [-0.2, 0) is 4.79 Å². The summed E-state index contributed by atoms with van der Waals surface area (Å²) in [5.41, 5.74) is 2.21. The van der Waals surface area contributed by atoms with Crippen LogP contribution in [0.25, 0.3) is 33.1 Å². The number of hydrogen-bond donors (Lipinski definition) is 1. The van der Waals surface area contributed by atoms with Crippen LogP contribution in [0.5, 0.6) is 5.75 Å². The van der Waals surface area contributed by atoms with E-state index in [9.17, 15) is 9.59 Å². The van der Waals surface area contributed by atoms with Gasteiger partial charge in [0.15, 0.2) is 12.4 Å². The highest BCUT2D eigenvalue weighted by molar-refractivity contribution is 9.10. The van der Waals surface area contributed by atoms with Gasteiger partial charge < -0.3 is 14.3 Å². The molecule has 3 aromatic carbocycles. The quantitative estimate of drug-likeness (QED) is 0.267. The van der Waals surface area contributed by atoms with Crippen molar-refractivity contribution in [2.75, 3.05) is 6.61 Å². The summed E-state index contributed by atoms with van der Waals surface area (Å²) in [6, 6.07) is 17.2. The Morgan fingerprint density at radius 1 is 1.03 bits per heavy atom. The summed E-state index contributed by atoms with van der Waals surface area (Å²) in [6.07, 6.45) is 5.20. The van der Waals surface area contributed by atoms with Crippen molar-refractivity contribution in [1.82, 2.24) is 0 Å². The number of carboxylic acids is 1. The average Bonchev–Trinajstić information content (AvgIpc) is 3.46. The summed E-state index contributed by atoms with van der Waals surface area (Å²) in [7, 11) is 0. The highest BCUT2D eigenvalue weighted by Crippen LogP contribution is 2.40. The summed E-state index contributed by atoms with van der Waals surface area (Å²) in [6.45, 7) is -0.409. The first-order valence-corrected chi connectivity index (χ1v) is 11.9. The summed E-state index contributed by atoms with van der Waals surface area (Å²) in [5, 5.41) is 11.6.